The third-order valence-electron chi connectivity index (χ3n) is 6.46. The molecule has 0 aliphatic heterocycles. The Morgan fingerprint density at radius 2 is 0.735 bits per heavy atom. The molecule has 6 aromatic carbocycles. The number of aromatic hydroxyl groups is 2. The maximum atomic E-state index is 11.7. The van der Waals surface area contributed by atoms with Gasteiger partial charge in [-0.05, 0) is 45.2 Å². The molecule has 0 spiro atoms. The normalized spacial score (nSPS) is 11.2. The van der Waals surface area contributed by atoms with Gasteiger partial charge in [0, 0.05) is 21.9 Å². The standard InChI is InChI=1S/C32H22O2/c33-31-25-17-9-7-15-23(25)19-27(21-11-3-1-4-12-21)29(31)30-28(22-13-5-2-6-14-22)20-24-16-8-10-18-26(24)32(30)34/h1-20,33-34H. The van der Waals surface area contributed by atoms with Crippen molar-refractivity contribution in [2.45, 2.75) is 0 Å². The highest BCUT2D eigenvalue weighted by atomic mass is 16.3. The van der Waals surface area contributed by atoms with Gasteiger partial charge in [0.1, 0.15) is 11.5 Å². The summed E-state index contributed by atoms with van der Waals surface area (Å²) >= 11 is 0. The maximum Gasteiger partial charge on any atom is 0.132 e. The van der Waals surface area contributed by atoms with Crippen molar-refractivity contribution in [3.63, 3.8) is 0 Å². The summed E-state index contributed by atoms with van der Waals surface area (Å²) in [5.74, 6) is 0.333. The Morgan fingerprint density at radius 3 is 1.15 bits per heavy atom. The Balaban J connectivity index is 1.81. The molecule has 6 aromatic rings. The predicted octanol–water partition coefficient (Wildman–Crippen LogP) is 8.41. The molecule has 0 unspecified atom stereocenters. The highest BCUT2D eigenvalue weighted by Gasteiger charge is 2.23. The molecule has 0 radical (unpaired) electrons. The lowest BCUT2D eigenvalue weighted by Crippen LogP contribution is -1.93. The third-order valence-corrected chi connectivity index (χ3v) is 6.46. The number of phenols is 2. The van der Waals surface area contributed by atoms with Gasteiger partial charge in [0.15, 0.2) is 0 Å². The van der Waals surface area contributed by atoms with Gasteiger partial charge in [0.25, 0.3) is 0 Å². The molecule has 0 amide bonds. The van der Waals surface area contributed by atoms with Crippen LogP contribution in [0, 0.1) is 0 Å². The van der Waals surface area contributed by atoms with E-state index in [0.717, 1.165) is 43.8 Å². The van der Waals surface area contributed by atoms with E-state index in [1.54, 1.807) is 0 Å². The lowest BCUT2D eigenvalue weighted by Gasteiger charge is -2.20. The van der Waals surface area contributed by atoms with Crippen LogP contribution in [0.15, 0.2) is 121 Å². The van der Waals surface area contributed by atoms with Gasteiger partial charge < -0.3 is 10.2 Å². The van der Waals surface area contributed by atoms with E-state index < -0.39 is 0 Å². The predicted molar refractivity (Wildman–Crippen MR) is 141 cm³/mol. The van der Waals surface area contributed by atoms with Crippen LogP contribution in [-0.4, -0.2) is 10.2 Å². The first kappa shape index (κ1) is 20.1. The minimum Gasteiger partial charge on any atom is -0.507 e. The van der Waals surface area contributed by atoms with E-state index >= 15 is 0 Å². The molecular formula is C32H22O2. The highest BCUT2D eigenvalue weighted by Crippen LogP contribution is 2.51. The first-order valence-corrected chi connectivity index (χ1v) is 11.3. The number of phenolic OH excluding ortho intramolecular Hbond substituents is 2. The van der Waals surface area contributed by atoms with Crippen LogP contribution < -0.4 is 0 Å². The zero-order valence-electron chi connectivity index (χ0n) is 18.4. The second kappa shape index (κ2) is 8.09. The van der Waals surface area contributed by atoms with Gasteiger partial charge in [0.05, 0.1) is 0 Å². The summed E-state index contributed by atoms with van der Waals surface area (Å²) in [5.41, 5.74) is 4.97. The quantitative estimate of drug-likeness (QED) is 0.291. The number of hydrogen-bond donors (Lipinski definition) is 2. The molecule has 0 fully saturated rings. The van der Waals surface area contributed by atoms with Crippen LogP contribution in [0.25, 0.3) is 54.9 Å². The summed E-state index contributed by atoms with van der Waals surface area (Å²) in [6.45, 7) is 0. The number of fused-ring (bicyclic) bond motifs is 2. The average Bonchev–Trinajstić information content (AvgIpc) is 2.90. The summed E-state index contributed by atoms with van der Waals surface area (Å²) < 4.78 is 0. The molecule has 2 nitrogen and oxygen atoms in total. The van der Waals surface area contributed by atoms with E-state index in [-0.39, 0.29) is 11.5 Å². The van der Waals surface area contributed by atoms with Crippen molar-refractivity contribution < 1.29 is 10.2 Å². The molecular weight excluding hydrogens is 416 g/mol. The van der Waals surface area contributed by atoms with E-state index in [1.807, 2.05) is 109 Å². The number of rotatable bonds is 3. The molecule has 34 heavy (non-hydrogen) atoms. The van der Waals surface area contributed by atoms with Gasteiger partial charge in [-0.25, -0.2) is 0 Å². The van der Waals surface area contributed by atoms with Gasteiger partial charge in [0.2, 0.25) is 0 Å². The van der Waals surface area contributed by atoms with Crippen LogP contribution in [0.1, 0.15) is 0 Å². The fraction of sp³-hybridized carbons (Fsp3) is 0. The van der Waals surface area contributed by atoms with Gasteiger partial charge in [-0.2, -0.15) is 0 Å². The Morgan fingerprint density at radius 1 is 0.382 bits per heavy atom. The summed E-state index contributed by atoms with van der Waals surface area (Å²) in [6.07, 6.45) is 0. The van der Waals surface area contributed by atoms with E-state index in [9.17, 15) is 10.2 Å². The Labute approximate surface area is 198 Å². The molecule has 0 aliphatic rings. The van der Waals surface area contributed by atoms with Crippen LogP contribution in [0.2, 0.25) is 0 Å². The molecule has 2 heteroatoms. The minimum absolute atomic E-state index is 0.166. The Hall–Kier alpha value is -4.56. The van der Waals surface area contributed by atoms with E-state index in [2.05, 4.69) is 12.1 Å². The van der Waals surface area contributed by atoms with E-state index in [4.69, 9.17) is 0 Å². The fourth-order valence-corrected chi connectivity index (χ4v) is 4.85. The number of hydrogen-bond acceptors (Lipinski definition) is 2. The van der Waals surface area contributed by atoms with Gasteiger partial charge in [-0.3, -0.25) is 0 Å². The molecule has 0 saturated heterocycles. The number of benzene rings is 6. The van der Waals surface area contributed by atoms with Crippen molar-refractivity contribution in [1.82, 2.24) is 0 Å². The first-order valence-electron chi connectivity index (χ1n) is 11.3. The molecule has 0 aliphatic carbocycles. The van der Waals surface area contributed by atoms with Crippen molar-refractivity contribution in [1.29, 1.82) is 0 Å². The zero-order valence-corrected chi connectivity index (χ0v) is 18.4. The summed E-state index contributed by atoms with van der Waals surface area (Å²) in [5, 5.41) is 26.8. The smallest absolute Gasteiger partial charge is 0.132 e. The Bertz CT molecular complexity index is 1530. The van der Waals surface area contributed by atoms with E-state index in [1.165, 1.54) is 0 Å². The molecule has 2 N–H and O–H groups in total. The highest BCUT2D eigenvalue weighted by molar-refractivity contribution is 6.10. The second-order valence-electron chi connectivity index (χ2n) is 8.47. The third kappa shape index (κ3) is 3.20. The summed E-state index contributed by atoms with van der Waals surface area (Å²) in [6, 6.07) is 39.9. The minimum atomic E-state index is 0.166. The molecule has 0 bridgehead atoms. The second-order valence-corrected chi connectivity index (χ2v) is 8.47. The maximum absolute atomic E-state index is 11.7. The zero-order chi connectivity index (χ0) is 23.1. The van der Waals surface area contributed by atoms with Gasteiger partial charge in [-0.15, -0.1) is 0 Å². The van der Waals surface area contributed by atoms with Crippen LogP contribution >= 0.6 is 0 Å². The largest absolute Gasteiger partial charge is 0.507 e. The van der Waals surface area contributed by atoms with E-state index in [0.29, 0.717) is 11.1 Å². The molecule has 0 saturated carbocycles. The first-order chi connectivity index (χ1) is 16.7. The Kier molecular flexibility index (Phi) is 4.78. The molecule has 6 rings (SSSR count). The van der Waals surface area contributed by atoms with Crippen LogP contribution in [0.3, 0.4) is 0 Å². The molecule has 162 valence electrons. The van der Waals surface area contributed by atoms with Crippen molar-refractivity contribution in [3.05, 3.63) is 121 Å². The van der Waals surface area contributed by atoms with Crippen molar-refractivity contribution in [3.8, 4) is 44.9 Å². The molecule has 0 heterocycles. The van der Waals surface area contributed by atoms with Crippen molar-refractivity contribution >= 4 is 21.5 Å². The molecule has 0 atom stereocenters. The van der Waals surface area contributed by atoms with Gasteiger partial charge in [-0.1, -0.05) is 109 Å². The van der Waals surface area contributed by atoms with Crippen LogP contribution in [0.5, 0.6) is 11.5 Å². The van der Waals surface area contributed by atoms with Crippen molar-refractivity contribution in [2.75, 3.05) is 0 Å². The fourth-order valence-electron chi connectivity index (χ4n) is 4.85. The monoisotopic (exact) mass is 438 g/mol. The SMILES string of the molecule is Oc1c(-c2c(-c3ccccc3)cc3ccccc3c2O)c(-c2ccccc2)cc2ccccc12. The summed E-state index contributed by atoms with van der Waals surface area (Å²) in [7, 11) is 0. The lowest BCUT2D eigenvalue weighted by atomic mass is 9.84. The topological polar surface area (TPSA) is 40.5 Å². The van der Waals surface area contributed by atoms with Crippen LogP contribution in [0.4, 0.5) is 0 Å². The van der Waals surface area contributed by atoms with Gasteiger partial charge >= 0.3 is 0 Å². The van der Waals surface area contributed by atoms with Crippen molar-refractivity contribution in [2.24, 2.45) is 0 Å². The lowest BCUT2D eigenvalue weighted by molar-refractivity contribution is 0.476. The summed E-state index contributed by atoms with van der Waals surface area (Å²) in [4.78, 5) is 0. The van der Waals surface area contributed by atoms with Crippen LogP contribution in [-0.2, 0) is 0 Å². The molecule has 0 aromatic heterocycles. The average molecular weight is 439 g/mol.